The van der Waals surface area contributed by atoms with E-state index in [0.29, 0.717) is 10.6 Å². The van der Waals surface area contributed by atoms with Crippen molar-refractivity contribution in [3.05, 3.63) is 64.2 Å². The number of hydrazine groups is 1. The van der Waals surface area contributed by atoms with Crippen LogP contribution in [0.5, 0.6) is 5.75 Å². The van der Waals surface area contributed by atoms with Gasteiger partial charge >= 0.3 is 0 Å². The van der Waals surface area contributed by atoms with Crippen LogP contribution in [-0.4, -0.2) is 5.11 Å². The molecule has 0 spiro atoms. The van der Waals surface area contributed by atoms with Crippen LogP contribution in [0.15, 0.2) is 42.5 Å². The van der Waals surface area contributed by atoms with Gasteiger partial charge < -0.3 is 5.11 Å². The molecule has 0 saturated heterocycles. The van der Waals surface area contributed by atoms with Gasteiger partial charge in [-0.25, -0.2) is 5.43 Å². The number of phenols is 1. The number of halogens is 1. The summed E-state index contributed by atoms with van der Waals surface area (Å²) in [5, 5.41) is 10.6. The predicted molar refractivity (Wildman–Crippen MR) is 73.5 cm³/mol. The lowest BCUT2D eigenvalue weighted by Crippen LogP contribution is -2.28. The van der Waals surface area contributed by atoms with E-state index < -0.39 is 0 Å². The Labute approximate surface area is 111 Å². The van der Waals surface area contributed by atoms with Gasteiger partial charge in [-0.05, 0) is 30.2 Å². The summed E-state index contributed by atoms with van der Waals surface area (Å²) in [4.78, 5) is 0. The Kier molecular flexibility index (Phi) is 3.87. The van der Waals surface area contributed by atoms with Crippen molar-refractivity contribution < 1.29 is 5.11 Å². The first-order valence-electron chi connectivity index (χ1n) is 5.63. The molecule has 2 rings (SSSR count). The van der Waals surface area contributed by atoms with Crippen LogP contribution in [0.3, 0.4) is 0 Å². The molecule has 4 heteroatoms. The fourth-order valence-electron chi connectivity index (χ4n) is 1.92. The maximum Gasteiger partial charge on any atom is 0.121 e. The predicted octanol–water partition coefficient (Wildman–Crippen LogP) is 2.91. The molecule has 0 aliphatic carbocycles. The molecule has 2 aromatic rings. The van der Waals surface area contributed by atoms with Crippen LogP contribution in [0.2, 0.25) is 5.02 Å². The summed E-state index contributed by atoms with van der Waals surface area (Å²) in [5.41, 5.74) is 5.17. The highest BCUT2D eigenvalue weighted by Crippen LogP contribution is 2.33. The van der Waals surface area contributed by atoms with Gasteiger partial charge in [-0.2, -0.15) is 0 Å². The van der Waals surface area contributed by atoms with E-state index in [1.165, 1.54) is 0 Å². The standard InChI is InChI=1S/C14H15ClN2O/c1-9-7-13(18)11(8-12(9)15)14(17-16)10-5-3-2-4-6-10/h2-8,14,17-18H,16H2,1H3/t14-/m0/s1. The lowest BCUT2D eigenvalue weighted by molar-refractivity contribution is 0.458. The van der Waals surface area contributed by atoms with E-state index in [1.807, 2.05) is 37.3 Å². The van der Waals surface area contributed by atoms with Gasteiger partial charge in [0.1, 0.15) is 5.75 Å². The van der Waals surface area contributed by atoms with Crippen molar-refractivity contribution in [2.75, 3.05) is 0 Å². The number of benzene rings is 2. The number of aromatic hydroxyl groups is 1. The molecule has 0 aliphatic rings. The number of hydrogen-bond donors (Lipinski definition) is 3. The number of phenolic OH excluding ortho intramolecular Hbond substituents is 1. The van der Waals surface area contributed by atoms with E-state index in [2.05, 4.69) is 5.43 Å². The molecule has 0 fully saturated rings. The summed E-state index contributed by atoms with van der Waals surface area (Å²) >= 11 is 6.09. The average Bonchev–Trinajstić information content (AvgIpc) is 2.38. The van der Waals surface area contributed by atoms with Crippen molar-refractivity contribution in [3.63, 3.8) is 0 Å². The summed E-state index contributed by atoms with van der Waals surface area (Å²) in [6.45, 7) is 1.85. The van der Waals surface area contributed by atoms with Gasteiger partial charge in [-0.15, -0.1) is 0 Å². The van der Waals surface area contributed by atoms with Gasteiger partial charge in [-0.1, -0.05) is 41.9 Å². The Morgan fingerprint density at radius 1 is 1.22 bits per heavy atom. The second-order valence-electron chi connectivity index (χ2n) is 4.17. The molecule has 94 valence electrons. The van der Waals surface area contributed by atoms with Gasteiger partial charge in [-0.3, -0.25) is 5.84 Å². The van der Waals surface area contributed by atoms with Gasteiger partial charge in [0.15, 0.2) is 0 Å². The van der Waals surface area contributed by atoms with Crippen LogP contribution in [0, 0.1) is 6.92 Å². The highest BCUT2D eigenvalue weighted by atomic mass is 35.5. The number of aryl methyl sites for hydroxylation is 1. The van der Waals surface area contributed by atoms with Crippen molar-refractivity contribution in [2.24, 2.45) is 5.84 Å². The first kappa shape index (κ1) is 12.9. The van der Waals surface area contributed by atoms with Gasteiger partial charge in [0.05, 0.1) is 6.04 Å². The van der Waals surface area contributed by atoms with Crippen molar-refractivity contribution >= 4 is 11.6 Å². The first-order chi connectivity index (χ1) is 8.63. The summed E-state index contributed by atoms with van der Waals surface area (Å²) in [6, 6.07) is 12.8. The largest absolute Gasteiger partial charge is 0.508 e. The third kappa shape index (κ3) is 2.48. The molecule has 0 aromatic heterocycles. The number of rotatable bonds is 3. The molecule has 0 heterocycles. The van der Waals surface area contributed by atoms with Crippen molar-refractivity contribution in [1.82, 2.24) is 5.43 Å². The number of hydrogen-bond acceptors (Lipinski definition) is 3. The zero-order valence-corrected chi connectivity index (χ0v) is 10.8. The molecule has 0 aliphatic heterocycles. The first-order valence-corrected chi connectivity index (χ1v) is 6.01. The lowest BCUT2D eigenvalue weighted by atomic mass is 9.97. The van der Waals surface area contributed by atoms with Crippen LogP contribution in [0.1, 0.15) is 22.7 Å². The van der Waals surface area contributed by atoms with Crippen LogP contribution in [0.25, 0.3) is 0 Å². The van der Waals surface area contributed by atoms with Crippen molar-refractivity contribution in [3.8, 4) is 5.75 Å². The molecule has 4 N–H and O–H groups in total. The molecule has 0 unspecified atom stereocenters. The molecule has 0 radical (unpaired) electrons. The summed E-state index contributed by atoms with van der Waals surface area (Å²) < 4.78 is 0. The van der Waals surface area contributed by atoms with Crippen molar-refractivity contribution in [1.29, 1.82) is 0 Å². The molecule has 18 heavy (non-hydrogen) atoms. The molecule has 0 saturated carbocycles. The minimum absolute atomic E-state index is 0.184. The van der Waals surface area contributed by atoms with Crippen LogP contribution >= 0.6 is 11.6 Å². The Hall–Kier alpha value is -1.55. The molecular weight excluding hydrogens is 248 g/mol. The molecule has 1 atom stereocenters. The van der Waals surface area contributed by atoms with Gasteiger partial charge in [0.25, 0.3) is 0 Å². The van der Waals surface area contributed by atoms with E-state index >= 15 is 0 Å². The molecule has 2 aromatic carbocycles. The SMILES string of the molecule is Cc1cc(O)c([C@@H](NN)c2ccccc2)cc1Cl. The quantitative estimate of drug-likeness (QED) is 0.589. The topological polar surface area (TPSA) is 58.3 Å². The highest BCUT2D eigenvalue weighted by Gasteiger charge is 2.17. The monoisotopic (exact) mass is 262 g/mol. The van der Waals surface area contributed by atoms with E-state index in [9.17, 15) is 5.11 Å². The molecule has 0 amide bonds. The van der Waals surface area contributed by atoms with Gasteiger partial charge in [0, 0.05) is 10.6 Å². The lowest BCUT2D eigenvalue weighted by Gasteiger charge is -2.19. The smallest absolute Gasteiger partial charge is 0.121 e. The third-order valence-corrected chi connectivity index (χ3v) is 3.33. The fourth-order valence-corrected chi connectivity index (χ4v) is 2.10. The van der Waals surface area contributed by atoms with E-state index in [4.69, 9.17) is 17.4 Å². The number of nitrogens with one attached hydrogen (secondary N) is 1. The second kappa shape index (κ2) is 5.40. The van der Waals surface area contributed by atoms with E-state index in [1.54, 1.807) is 12.1 Å². The third-order valence-electron chi connectivity index (χ3n) is 2.92. The minimum Gasteiger partial charge on any atom is -0.508 e. The maximum absolute atomic E-state index is 10.0. The summed E-state index contributed by atoms with van der Waals surface area (Å²) in [7, 11) is 0. The minimum atomic E-state index is -0.288. The molecule has 0 bridgehead atoms. The molecule has 3 nitrogen and oxygen atoms in total. The van der Waals surface area contributed by atoms with Crippen molar-refractivity contribution in [2.45, 2.75) is 13.0 Å². The summed E-state index contributed by atoms with van der Waals surface area (Å²) in [6.07, 6.45) is 0. The zero-order valence-electron chi connectivity index (χ0n) is 10.0. The summed E-state index contributed by atoms with van der Waals surface area (Å²) in [5.74, 6) is 5.77. The average molecular weight is 263 g/mol. The maximum atomic E-state index is 10.0. The van der Waals surface area contributed by atoms with E-state index in [-0.39, 0.29) is 11.8 Å². The normalized spacial score (nSPS) is 12.4. The highest BCUT2D eigenvalue weighted by molar-refractivity contribution is 6.31. The Bertz CT molecular complexity index is 543. The van der Waals surface area contributed by atoms with Crippen LogP contribution in [-0.2, 0) is 0 Å². The molecular formula is C14H15ClN2O. The fraction of sp³-hybridized carbons (Fsp3) is 0.143. The Balaban J connectivity index is 2.49. The second-order valence-corrected chi connectivity index (χ2v) is 4.58. The van der Waals surface area contributed by atoms with Crippen LogP contribution in [0.4, 0.5) is 0 Å². The van der Waals surface area contributed by atoms with Crippen LogP contribution < -0.4 is 11.3 Å². The Morgan fingerprint density at radius 3 is 2.50 bits per heavy atom. The van der Waals surface area contributed by atoms with E-state index in [0.717, 1.165) is 11.1 Å². The zero-order chi connectivity index (χ0) is 13.1. The number of nitrogens with two attached hydrogens (primary N) is 1. The van der Waals surface area contributed by atoms with Gasteiger partial charge in [0.2, 0.25) is 0 Å². The Morgan fingerprint density at radius 2 is 1.89 bits per heavy atom.